The third-order valence-electron chi connectivity index (χ3n) is 4.22. The number of alkyl carbamates (subject to hydrolysis) is 1. The summed E-state index contributed by atoms with van der Waals surface area (Å²) in [6.45, 7) is 9.17. The van der Waals surface area contributed by atoms with E-state index in [0.29, 0.717) is 0 Å². The Labute approximate surface area is 164 Å². The van der Waals surface area contributed by atoms with Crippen LogP contribution in [0.2, 0.25) is 0 Å². The number of nitrogens with one attached hydrogen (secondary N) is 1. The molecule has 2 aliphatic heterocycles. The molecule has 0 bridgehead atoms. The van der Waals surface area contributed by atoms with Crippen molar-refractivity contribution in [1.29, 1.82) is 0 Å². The number of β-lactam (4-membered cyclic amide) rings is 1. The lowest BCUT2D eigenvalue weighted by Gasteiger charge is -2.45. The van der Waals surface area contributed by atoms with Gasteiger partial charge < -0.3 is 19.9 Å². The van der Waals surface area contributed by atoms with Gasteiger partial charge in [0.05, 0.1) is 13.1 Å². The molecule has 0 aromatic carbocycles. The SMILES string of the molecule is C#CCN(CC#C)C(=O)[C@@H]1N2C(=O)[C@@H](NC(=O)OC(C)(C)C)[C@H]2SC1(C)C. The first-order chi connectivity index (χ1) is 12.4. The van der Waals surface area contributed by atoms with E-state index in [1.807, 2.05) is 13.8 Å². The molecule has 8 heteroatoms. The van der Waals surface area contributed by atoms with E-state index in [2.05, 4.69) is 17.2 Å². The number of nitrogens with zero attached hydrogens (tertiary/aromatic N) is 2. The average molecular weight is 391 g/mol. The van der Waals surface area contributed by atoms with Gasteiger partial charge in [0, 0.05) is 4.75 Å². The maximum atomic E-state index is 13.0. The lowest BCUT2D eigenvalue weighted by Crippen LogP contribution is -2.71. The van der Waals surface area contributed by atoms with Crippen molar-refractivity contribution in [3.05, 3.63) is 0 Å². The largest absolute Gasteiger partial charge is 0.444 e. The van der Waals surface area contributed by atoms with Crippen LogP contribution in [0, 0.1) is 24.7 Å². The molecule has 0 saturated carbocycles. The van der Waals surface area contributed by atoms with Crippen LogP contribution in [-0.4, -0.2) is 68.6 Å². The highest BCUT2D eigenvalue weighted by molar-refractivity contribution is 8.01. The van der Waals surface area contributed by atoms with Gasteiger partial charge in [0.15, 0.2) is 0 Å². The number of ether oxygens (including phenoxy) is 1. The second kappa shape index (κ2) is 7.36. The second-order valence-electron chi connectivity index (χ2n) is 7.99. The van der Waals surface area contributed by atoms with Gasteiger partial charge in [-0.3, -0.25) is 9.59 Å². The monoisotopic (exact) mass is 391 g/mol. The van der Waals surface area contributed by atoms with E-state index >= 15 is 0 Å². The van der Waals surface area contributed by atoms with E-state index in [1.165, 1.54) is 21.6 Å². The number of hydrogen-bond donors (Lipinski definition) is 1. The summed E-state index contributed by atoms with van der Waals surface area (Å²) in [5, 5.41) is 2.27. The maximum absolute atomic E-state index is 13.0. The first-order valence-electron chi connectivity index (χ1n) is 8.58. The lowest BCUT2D eigenvalue weighted by atomic mass is 9.94. The first kappa shape index (κ1) is 21.0. The molecule has 0 aromatic heterocycles. The maximum Gasteiger partial charge on any atom is 0.408 e. The molecule has 2 rings (SSSR count). The molecule has 146 valence electrons. The first-order valence-corrected chi connectivity index (χ1v) is 9.46. The van der Waals surface area contributed by atoms with Crippen molar-refractivity contribution in [3.8, 4) is 24.7 Å². The molecule has 2 saturated heterocycles. The number of rotatable bonds is 4. The topological polar surface area (TPSA) is 79.0 Å². The number of carbonyl (C=O) groups excluding carboxylic acids is 3. The minimum absolute atomic E-state index is 0.0760. The van der Waals surface area contributed by atoms with Crippen LogP contribution >= 0.6 is 11.8 Å². The van der Waals surface area contributed by atoms with Gasteiger partial charge in [0.25, 0.3) is 0 Å². The molecule has 1 N–H and O–H groups in total. The van der Waals surface area contributed by atoms with Gasteiger partial charge in [-0.15, -0.1) is 24.6 Å². The van der Waals surface area contributed by atoms with Crippen molar-refractivity contribution in [2.75, 3.05) is 13.1 Å². The summed E-state index contributed by atoms with van der Waals surface area (Å²) >= 11 is 1.46. The van der Waals surface area contributed by atoms with Crippen molar-refractivity contribution in [1.82, 2.24) is 15.1 Å². The zero-order chi connectivity index (χ0) is 20.6. The van der Waals surface area contributed by atoms with Gasteiger partial charge >= 0.3 is 6.09 Å². The van der Waals surface area contributed by atoms with Crippen LogP contribution in [0.3, 0.4) is 0 Å². The Morgan fingerprint density at radius 3 is 2.33 bits per heavy atom. The fraction of sp³-hybridized carbons (Fsp3) is 0.632. The number of amides is 3. The quantitative estimate of drug-likeness (QED) is 0.572. The summed E-state index contributed by atoms with van der Waals surface area (Å²) in [6, 6.07) is -1.42. The van der Waals surface area contributed by atoms with Crippen LogP contribution in [0.25, 0.3) is 0 Å². The summed E-state index contributed by atoms with van der Waals surface area (Å²) in [6.07, 6.45) is 10.0. The highest BCUT2D eigenvalue weighted by atomic mass is 32.2. The fourth-order valence-electron chi connectivity index (χ4n) is 3.18. The summed E-state index contributed by atoms with van der Waals surface area (Å²) in [5.41, 5.74) is -0.665. The van der Waals surface area contributed by atoms with E-state index in [9.17, 15) is 14.4 Å². The van der Waals surface area contributed by atoms with Crippen LogP contribution in [-0.2, 0) is 14.3 Å². The summed E-state index contributed by atoms with van der Waals surface area (Å²) in [5.74, 6) is 4.25. The Balaban J connectivity index is 2.16. The summed E-state index contributed by atoms with van der Waals surface area (Å²) in [7, 11) is 0. The van der Waals surface area contributed by atoms with E-state index in [-0.39, 0.29) is 30.3 Å². The van der Waals surface area contributed by atoms with Crippen LogP contribution in [0.15, 0.2) is 0 Å². The second-order valence-corrected chi connectivity index (χ2v) is 9.76. The lowest BCUT2D eigenvalue weighted by molar-refractivity contribution is -0.156. The average Bonchev–Trinajstić information content (AvgIpc) is 2.78. The minimum Gasteiger partial charge on any atom is -0.444 e. The van der Waals surface area contributed by atoms with Gasteiger partial charge in [0.1, 0.15) is 23.1 Å². The van der Waals surface area contributed by atoms with Crippen molar-refractivity contribution in [3.63, 3.8) is 0 Å². The Morgan fingerprint density at radius 2 is 1.85 bits per heavy atom. The predicted octanol–water partition coefficient (Wildman–Crippen LogP) is 1.04. The Morgan fingerprint density at radius 1 is 1.30 bits per heavy atom. The van der Waals surface area contributed by atoms with E-state index in [4.69, 9.17) is 17.6 Å². The van der Waals surface area contributed by atoms with Crippen LogP contribution in [0.4, 0.5) is 4.79 Å². The Hall–Kier alpha value is -2.32. The zero-order valence-corrected chi connectivity index (χ0v) is 17.1. The molecule has 3 atom stereocenters. The van der Waals surface area contributed by atoms with Crippen molar-refractivity contribution in [2.24, 2.45) is 0 Å². The van der Waals surface area contributed by atoms with Crippen molar-refractivity contribution < 1.29 is 19.1 Å². The highest BCUT2D eigenvalue weighted by Gasteiger charge is 2.64. The molecule has 3 amide bonds. The highest BCUT2D eigenvalue weighted by Crippen LogP contribution is 2.51. The molecule has 2 heterocycles. The van der Waals surface area contributed by atoms with E-state index < -0.39 is 28.5 Å². The molecule has 0 radical (unpaired) electrons. The third kappa shape index (κ3) is 4.17. The van der Waals surface area contributed by atoms with Gasteiger partial charge in [-0.1, -0.05) is 11.8 Å². The molecule has 2 fully saturated rings. The van der Waals surface area contributed by atoms with Gasteiger partial charge in [-0.25, -0.2) is 4.79 Å². The molecule has 0 aromatic rings. The minimum atomic E-state index is -0.726. The van der Waals surface area contributed by atoms with Gasteiger partial charge in [-0.2, -0.15) is 0 Å². The number of thioether (sulfide) groups is 1. The number of fused-ring (bicyclic) bond motifs is 1. The molecule has 27 heavy (non-hydrogen) atoms. The molecule has 0 unspecified atom stereocenters. The van der Waals surface area contributed by atoms with Gasteiger partial charge in [-0.05, 0) is 34.6 Å². The fourth-order valence-corrected chi connectivity index (χ4v) is 4.81. The molecule has 0 aliphatic carbocycles. The third-order valence-corrected chi connectivity index (χ3v) is 5.79. The van der Waals surface area contributed by atoms with Crippen LogP contribution < -0.4 is 5.32 Å². The van der Waals surface area contributed by atoms with E-state index in [0.717, 1.165) is 0 Å². The normalized spacial score (nSPS) is 25.5. The predicted molar refractivity (Wildman–Crippen MR) is 103 cm³/mol. The molecule has 7 nitrogen and oxygen atoms in total. The van der Waals surface area contributed by atoms with E-state index in [1.54, 1.807) is 20.8 Å². The number of carbonyl (C=O) groups is 3. The summed E-state index contributed by atoms with van der Waals surface area (Å²) in [4.78, 5) is 40.6. The standard InChI is InChI=1S/C19H25N3O4S/c1-8-10-21(11-9-2)15(24)13-19(6,7)27-16-12(14(23)22(13)16)20-17(25)26-18(3,4)5/h1-2,12-13,16H,10-11H2,3-7H3,(H,20,25)/t12-,13+,16-/m1/s1. The van der Waals surface area contributed by atoms with Crippen LogP contribution in [0.5, 0.6) is 0 Å². The number of hydrogen-bond acceptors (Lipinski definition) is 5. The van der Waals surface area contributed by atoms with Crippen molar-refractivity contribution >= 4 is 29.7 Å². The zero-order valence-electron chi connectivity index (χ0n) is 16.2. The molecular weight excluding hydrogens is 366 g/mol. The van der Waals surface area contributed by atoms with Crippen LogP contribution in [0.1, 0.15) is 34.6 Å². The smallest absolute Gasteiger partial charge is 0.408 e. The Kier molecular flexibility index (Phi) is 5.72. The van der Waals surface area contributed by atoms with Crippen molar-refractivity contribution in [2.45, 2.75) is 62.4 Å². The summed E-state index contributed by atoms with van der Waals surface area (Å²) < 4.78 is 4.67. The molecule has 2 aliphatic rings. The van der Waals surface area contributed by atoms with Gasteiger partial charge in [0.2, 0.25) is 11.8 Å². The molecular formula is C19H25N3O4S. The molecule has 0 spiro atoms. The number of terminal acetylenes is 2. The Bertz CT molecular complexity index is 713.